The van der Waals surface area contributed by atoms with Crippen LogP contribution in [0.1, 0.15) is 51.7 Å². The van der Waals surface area contributed by atoms with Gasteiger partial charge in [0.1, 0.15) is 17.2 Å². The second kappa shape index (κ2) is 9.63. The van der Waals surface area contributed by atoms with Crippen LogP contribution in [0.4, 0.5) is 27.6 Å². The Labute approximate surface area is 188 Å². The van der Waals surface area contributed by atoms with Gasteiger partial charge in [-0.15, -0.1) is 0 Å². The maximum Gasteiger partial charge on any atom is 0.433 e. The lowest BCUT2D eigenvalue weighted by atomic mass is 10.1. The minimum atomic E-state index is -4.62. The van der Waals surface area contributed by atoms with E-state index in [1.54, 1.807) is 0 Å². The van der Waals surface area contributed by atoms with Gasteiger partial charge in [0.15, 0.2) is 0 Å². The van der Waals surface area contributed by atoms with Crippen molar-refractivity contribution in [3.05, 3.63) is 66.0 Å². The third kappa shape index (κ3) is 8.24. The Kier molecular flexibility index (Phi) is 7.56. The predicted octanol–water partition coefficient (Wildman–Crippen LogP) is 5.74. The summed E-state index contributed by atoms with van der Waals surface area (Å²) in [6.07, 6.45) is -3.42. The maximum absolute atomic E-state index is 13.7. The fourth-order valence-corrected chi connectivity index (χ4v) is 2.56. The fraction of sp³-hybridized carbons (Fsp3) is 0.364. The molecule has 0 bridgehead atoms. The normalized spacial score (nSPS) is 13.6. The summed E-state index contributed by atoms with van der Waals surface area (Å²) in [5, 5.41) is 5.82. The lowest BCUT2D eigenvalue weighted by Gasteiger charge is -2.21. The zero-order chi connectivity index (χ0) is 25.0. The van der Waals surface area contributed by atoms with E-state index in [4.69, 9.17) is 0 Å². The van der Waals surface area contributed by atoms with Crippen LogP contribution >= 0.6 is 0 Å². The van der Waals surface area contributed by atoms with Crippen LogP contribution in [0.2, 0.25) is 0 Å². The molecule has 0 aliphatic carbocycles. The van der Waals surface area contributed by atoms with Crippen molar-refractivity contribution in [2.45, 2.75) is 52.3 Å². The van der Waals surface area contributed by atoms with Gasteiger partial charge in [0, 0.05) is 24.3 Å². The van der Waals surface area contributed by atoms with E-state index >= 15 is 0 Å². The summed E-state index contributed by atoms with van der Waals surface area (Å²) in [5.74, 6) is -3.06. The molecule has 0 saturated carbocycles. The molecule has 0 saturated heterocycles. The number of hydrogen-bond acceptors (Lipinski definition) is 4. The molecule has 0 amide bonds. The summed E-state index contributed by atoms with van der Waals surface area (Å²) in [6.45, 7) is 11.6. The molecule has 0 fully saturated rings. The van der Waals surface area contributed by atoms with E-state index in [1.165, 1.54) is 31.3 Å². The average Bonchev–Trinajstić information content (AvgIpc) is 2.65. The van der Waals surface area contributed by atoms with Crippen molar-refractivity contribution in [2.75, 3.05) is 5.32 Å². The lowest BCUT2D eigenvalue weighted by molar-refractivity contribution is -0.141. The second-order valence-corrected chi connectivity index (χ2v) is 8.30. The highest BCUT2D eigenvalue weighted by atomic mass is 19.4. The quantitative estimate of drug-likeness (QED) is 0.333. The molecule has 11 heteroatoms. The van der Waals surface area contributed by atoms with Crippen LogP contribution in [0.5, 0.6) is 0 Å². The molecule has 2 aromatic rings. The summed E-state index contributed by atoms with van der Waals surface area (Å²) in [4.78, 5) is 15.7. The molecule has 2 N–H and O–H groups in total. The monoisotopic (exact) mass is 468 g/mol. The molecule has 0 radical (unpaired) electrons. The third-order valence-corrected chi connectivity index (χ3v) is 3.91. The van der Waals surface area contributed by atoms with Crippen molar-refractivity contribution in [3.8, 4) is 0 Å². The number of aromatic nitrogens is 2. The highest BCUT2D eigenvalue weighted by molar-refractivity contribution is 6.08. The standard InChI is InChI=1S/C22H25F5N6/c1-13(16-8-7-9-17(32-16)22(25,26)27)29-19(30-14(2)33-20(3,4)5)31-15-10-11-28-18(12-15)21(6,23)24/h7-12,33H,2H2,1,3-6H3,(H,28,30,31)/b29-13+. The first-order chi connectivity index (χ1) is 15.0. The Morgan fingerprint density at radius 1 is 0.970 bits per heavy atom. The summed E-state index contributed by atoms with van der Waals surface area (Å²) >= 11 is 0. The molecule has 33 heavy (non-hydrogen) atoms. The van der Waals surface area contributed by atoms with E-state index < -0.39 is 23.5 Å². The van der Waals surface area contributed by atoms with Gasteiger partial charge in [-0.25, -0.2) is 9.98 Å². The summed E-state index contributed by atoms with van der Waals surface area (Å²) in [6, 6.07) is 5.99. The Hall–Kier alpha value is -3.37. The van der Waals surface area contributed by atoms with Crippen LogP contribution in [0, 0.1) is 0 Å². The molecule has 2 heterocycles. The van der Waals surface area contributed by atoms with E-state index in [2.05, 4.69) is 37.2 Å². The molecule has 178 valence electrons. The number of anilines is 1. The molecule has 0 unspecified atom stereocenters. The first-order valence-corrected chi connectivity index (χ1v) is 9.82. The first-order valence-electron chi connectivity index (χ1n) is 9.82. The van der Waals surface area contributed by atoms with Crippen LogP contribution in [0.15, 0.2) is 58.9 Å². The van der Waals surface area contributed by atoms with Gasteiger partial charge in [0.25, 0.3) is 5.92 Å². The molecule has 0 aromatic carbocycles. The molecule has 0 aliphatic rings. The van der Waals surface area contributed by atoms with Gasteiger partial charge in [0.05, 0.1) is 11.4 Å². The average molecular weight is 468 g/mol. The SMILES string of the molecule is C=C(/N=C(\N=C(/C)c1cccc(C(F)(F)F)n1)Nc1ccnc(C(C)(F)F)c1)NC(C)(C)C. The smallest absolute Gasteiger partial charge is 0.366 e. The molecule has 0 aliphatic heterocycles. The van der Waals surface area contributed by atoms with E-state index in [0.717, 1.165) is 12.1 Å². The van der Waals surface area contributed by atoms with Crippen molar-refractivity contribution in [3.63, 3.8) is 0 Å². The molecule has 6 nitrogen and oxygen atoms in total. The number of rotatable bonds is 5. The number of hydrogen-bond donors (Lipinski definition) is 2. The maximum atomic E-state index is 13.7. The van der Waals surface area contributed by atoms with Gasteiger partial charge in [-0.1, -0.05) is 12.6 Å². The topological polar surface area (TPSA) is 74.6 Å². The number of aliphatic imine (C=N–C) groups is 2. The Balaban J connectivity index is 2.46. The number of guanidine groups is 1. The summed E-state index contributed by atoms with van der Waals surface area (Å²) < 4.78 is 66.4. The number of nitrogens with zero attached hydrogens (tertiary/aromatic N) is 4. The highest BCUT2D eigenvalue weighted by Gasteiger charge is 2.32. The Morgan fingerprint density at radius 2 is 1.64 bits per heavy atom. The molecule has 0 atom stereocenters. The van der Waals surface area contributed by atoms with Crippen molar-refractivity contribution in [2.24, 2.45) is 9.98 Å². The zero-order valence-electron chi connectivity index (χ0n) is 18.8. The largest absolute Gasteiger partial charge is 0.433 e. The lowest BCUT2D eigenvalue weighted by Crippen LogP contribution is -2.34. The first kappa shape index (κ1) is 25.9. The van der Waals surface area contributed by atoms with Crippen molar-refractivity contribution < 1.29 is 22.0 Å². The molecule has 2 aromatic heterocycles. The fourth-order valence-electron chi connectivity index (χ4n) is 2.56. The van der Waals surface area contributed by atoms with E-state index in [0.29, 0.717) is 6.92 Å². The van der Waals surface area contributed by atoms with Crippen molar-refractivity contribution >= 4 is 17.4 Å². The van der Waals surface area contributed by atoms with Crippen molar-refractivity contribution in [1.82, 2.24) is 15.3 Å². The molecule has 2 rings (SSSR count). The summed E-state index contributed by atoms with van der Waals surface area (Å²) in [5.41, 5.74) is -1.63. The van der Waals surface area contributed by atoms with Gasteiger partial charge in [-0.2, -0.15) is 26.9 Å². The van der Waals surface area contributed by atoms with Gasteiger partial charge in [-0.3, -0.25) is 4.98 Å². The van der Waals surface area contributed by atoms with E-state index in [-0.39, 0.29) is 34.4 Å². The van der Waals surface area contributed by atoms with Gasteiger partial charge < -0.3 is 10.6 Å². The van der Waals surface area contributed by atoms with E-state index in [9.17, 15) is 22.0 Å². The van der Waals surface area contributed by atoms with E-state index in [1.807, 2.05) is 20.8 Å². The minimum absolute atomic E-state index is 0.0239. The third-order valence-electron chi connectivity index (χ3n) is 3.91. The number of alkyl halides is 5. The van der Waals surface area contributed by atoms with Crippen LogP contribution < -0.4 is 10.6 Å². The predicted molar refractivity (Wildman–Crippen MR) is 118 cm³/mol. The Bertz CT molecular complexity index is 1060. The van der Waals surface area contributed by atoms with Gasteiger partial charge in [-0.05, 0) is 52.0 Å². The minimum Gasteiger partial charge on any atom is -0.366 e. The molecular formula is C22H25F5N6. The number of nitrogens with one attached hydrogen (secondary N) is 2. The Morgan fingerprint density at radius 3 is 2.21 bits per heavy atom. The summed E-state index contributed by atoms with van der Waals surface area (Å²) in [7, 11) is 0. The highest BCUT2D eigenvalue weighted by Crippen LogP contribution is 2.28. The van der Waals surface area contributed by atoms with Crippen LogP contribution in [0.25, 0.3) is 0 Å². The molecular weight excluding hydrogens is 443 g/mol. The van der Waals surface area contributed by atoms with Crippen LogP contribution in [-0.2, 0) is 12.1 Å². The van der Waals surface area contributed by atoms with Crippen LogP contribution in [-0.4, -0.2) is 27.2 Å². The zero-order valence-corrected chi connectivity index (χ0v) is 18.8. The number of pyridine rings is 2. The van der Waals surface area contributed by atoms with Gasteiger partial charge in [0.2, 0.25) is 5.96 Å². The van der Waals surface area contributed by atoms with Crippen LogP contribution in [0.3, 0.4) is 0 Å². The van der Waals surface area contributed by atoms with Crippen molar-refractivity contribution in [1.29, 1.82) is 0 Å². The van der Waals surface area contributed by atoms with Gasteiger partial charge >= 0.3 is 6.18 Å². The second-order valence-electron chi connectivity index (χ2n) is 8.30. The molecule has 0 spiro atoms. The number of halogens is 5.